The van der Waals surface area contributed by atoms with Crippen LogP contribution in [0.15, 0.2) is 24.3 Å². The molecule has 1 atom stereocenters. The second-order valence-electron chi connectivity index (χ2n) is 6.59. The maximum Gasteiger partial charge on any atom is 0.115 e. The summed E-state index contributed by atoms with van der Waals surface area (Å²) in [5.41, 5.74) is 0.780. The normalized spacial score (nSPS) is 27.7. The molecule has 0 saturated heterocycles. The summed E-state index contributed by atoms with van der Waals surface area (Å²) in [7, 11) is 0. The summed E-state index contributed by atoms with van der Waals surface area (Å²) < 4.78 is 0. The van der Waals surface area contributed by atoms with Gasteiger partial charge < -0.3 is 10.2 Å². The molecule has 2 nitrogen and oxygen atoms in total. The van der Waals surface area contributed by atoms with Gasteiger partial charge in [0.05, 0.1) is 5.60 Å². The summed E-state index contributed by atoms with van der Waals surface area (Å²) in [5, 5.41) is 20.2. The lowest BCUT2D eigenvalue weighted by Crippen LogP contribution is -2.31. The highest BCUT2D eigenvalue weighted by molar-refractivity contribution is 5.28. The third-order valence-electron chi connectivity index (χ3n) is 4.21. The first-order valence-electron chi connectivity index (χ1n) is 6.89. The van der Waals surface area contributed by atoms with Crippen molar-refractivity contribution >= 4 is 0 Å². The quantitative estimate of drug-likeness (QED) is 0.784. The second kappa shape index (κ2) is 4.93. The number of hydrogen-bond donors (Lipinski definition) is 2. The molecule has 0 radical (unpaired) electrons. The lowest BCUT2D eigenvalue weighted by atomic mass is 9.83. The fourth-order valence-electron chi connectivity index (χ4n) is 2.94. The van der Waals surface area contributed by atoms with Crippen molar-refractivity contribution in [3.8, 4) is 5.75 Å². The van der Waals surface area contributed by atoms with Crippen molar-refractivity contribution in [3.05, 3.63) is 29.8 Å². The van der Waals surface area contributed by atoms with Crippen LogP contribution in [0.4, 0.5) is 0 Å². The number of aliphatic hydroxyl groups is 1. The van der Waals surface area contributed by atoms with Gasteiger partial charge in [-0.2, -0.15) is 0 Å². The van der Waals surface area contributed by atoms with Gasteiger partial charge in [0.15, 0.2) is 0 Å². The molecule has 1 fully saturated rings. The lowest BCUT2D eigenvalue weighted by Gasteiger charge is -2.28. The Balaban J connectivity index is 2.07. The highest BCUT2D eigenvalue weighted by Crippen LogP contribution is 2.39. The minimum absolute atomic E-state index is 0.282. The molecule has 1 aliphatic carbocycles. The number of aromatic hydroxyl groups is 1. The molecule has 1 saturated carbocycles. The Morgan fingerprint density at radius 3 is 2.61 bits per heavy atom. The van der Waals surface area contributed by atoms with Gasteiger partial charge in [-0.3, -0.25) is 0 Å². The molecule has 2 heteroatoms. The molecule has 1 aromatic rings. The van der Waals surface area contributed by atoms with E-state index in [0.29, 0.717) is 11.8 Å². The monoisotopic (exact) mass is 248 g/mol. The molecule has 2 rings (SSSR count). The van der Waals surface area contributed by atoms with Crippen molar-refractivity contribution in [2.24, 2.45) is 5.41 Å². The molecule has 0 spiro atoms. The van der Waals surface area contributed by atoms with Crippen molar-refractivity contribution in [1.82, 2.24) is 0 Å². The zero-order valence-electron chi connectivity index (χ0n) is 11.4. The van der Waals surface area contributed by atoms with Crippen LogP contribution in [0.1, 0.15) is 51.5 Å². The van der Waals surface area contributed by atoms with Gasteiger partial charge in [-0.15, -0.1) is 0 Å². The van der Waals surface area contributed by atoms with Crippen molar-refractivity contribution in [2.75, 3.05) is 0 Å². The summed E-state index contributed by atoms with van der Waals surface area (Å²) in [6.07, 6.45) is 5.72. The molecule has 1 unspecified atom stereocenters. The Morgan fingerprint density at radius 1 is 1.11 bits per heavy atom. The largest absolute Gasteiger partial charge is 0.508 e. The molecule has 1 aromatic carbocycles. The summed E-state index contributed by atoms with van der Waals surface area (Å²) >= 11 is 0. The zero-order chi connectivity index (χ0) is 13.2. The first-order chi connectivity index (χ1) is 8.39. The van der Waals surface area contributed by atoms with E-state index in [9.17, 15) is 10.2 Å². The van der Waals surface area contributed by atoms with Crippen LogP contribution in [0.3, 0.4) is 0 Å². The van der Waals surface area contributed by atoms with E-state index in [1.807, 2.05) is 12.1 Å². The molecule has 0 heterocycles. The van der Waals surface area contributed by atoms with Crippen LogP contribution in [0, 0.1) is 5.41 Å². The maximum atomic E-state index is 10.7. The SMILES string of the molecule is CC1(C)CCCC(O)(Cc2cccc(O)c2)CC1. The van der Waals surface area contributed by atoms with Crippen molar-refractivity contribution in [1.29, 1.82) is 0 Å². The number of rotatable bonds is 2. The van der Waals surface area contributed by atoms with Gasteiger partial charge in [0.1, 0.15) is 5.75 Å². The fourth-order valence-corrected chi connectivity index (χ4v) is 2.94. The van der Waals surface area contributed by atoms with Gasteiger partial charge in [-0.1, -0.05) is 32.4 Å². The van der Waals surface area contributed by atoms with Gasteiger partial charge in [-0.25, -0.2) is 0 Å². The molecular weight excluding hydrogens is 224 g/mol. The van der Waals surface area contributed by atoms with Gasteiger partial charge in [-0.05, 0) is 48.8 Å². The number of phenols is 1. The first kappa shape index (κ1) is 13.4. The van der Waals surface area contributed by atoms with Crippen LogP contribution in [0.5, 0.6) is 5.75 Å². The molecule has 18 heavy (non-hydrogen) atoms. The van der Waals surface area contributed by atoms with Crippen LogP contribution in [-0.2, 0) is 6.42 Å². The average Bonchev–Trinajstić information content (AvgIpc) is 2.38. The van der Waals surface area contributed by atoms with Gasteiger partial charge in [0, 0.05) is 6.42 Å². The molecule has 2 N–H and O–H groups in total. The highest BCUT2D eigenvalue weighted by Gasteiger charge is 2.33. The van der Waals surface area contributed by atoms with Crippen LogP contribution < -0.4 is 0 Å². The molecule has 0 amide bonds. The Hall–Kier alpha value is -1.02. The standard InChI is InChI=1S/C16H24O2/c1-15(2)7-4-8-16(18,10-9-15)12-13-5-3-6-14(17)11-13/h3,5-6,11,17-18H,4,7-10,12H2,1-2H3. The second-order valence-corrected chi connectivity index (χ2v) is 6.59. The van der Waals surface area contributed by atoms with Gasteiger partial charge >= 0.3 is 0 Å². The summed E-state index contributed by atoms with van der Waals surface area (Å²) in [6, 6.07) is 7.25. The van der Waals surface area contributed by atoms with E-state index in [1.54, 1.807) is 12.1 Å². The Labute approximate surface area is 110 Å². The molecule has 100 valence electrons. The Morgan fingerprint density at radius 2 is 1.89 bits per heavy atom. The van der Waals surface area contributed by atoms with E-state index >= 15 is 0 Å². The summed E-state index contributed by atoms with van der Waals surface area (Å²) in [4.78, 5) is 0. The molecule has 0 aromatic heterocycles. The van der Waals surface area contributed by atoms with E-state index in [2.05, 4.69) is 13.8 Å². The highest BCUT2D eigenvalue weighted by atomic mass is 16.3. The van der Waals surface area contributed by atoms with Crippen LogP contribution in [0.25, 0.3) is 0 Å². The Bertz CT molecular complexity index is 411. The van der Waals surface area contributed by atoms with E-state index in [-0.39, 0.29) is 5.75 Å². The van der Waals surface area contributed by atoms with E-state index in [0.717, 1.165) is 31.2 Å². The van der Waals surface area contributed by atoms with Crippen molar-refractivity contribution in [3.63, 3.8) is 0 Å². The molecular formula is C16H24O2. The lowest BCUT2D eigenvalue weighted by molar-refractivity contribution is 0.0226. The van der Waals surface area contributed by atoms with Crippen LogP contribution in [0.2, 0.25) is 0 Å². The van der Waals surface area contributed by atoms with Crippen molar-refractivity contribution < 1.29 is 10.2 Å². The third-order valence-corrected chi connectivity index (χ3v) is 4.21. The molecule has 0 aliphatic heterocycles. The number of phenolic OH excluding ortho intramolecular Hbond substituents is 1. The number of hydrogen-bond acceptors (Lipinski definition) is 2. The van der Waals surface area contributed by atoms with E-state index < -0.39 is 5.60 Å². The first-order valence-corrected chi connectivity index (χ1v) is 6.89. The molecule has 0 bridgehead atoms. The minimum Gasteiger partial charge on any atom is -0.508 e. The number of benzene rings is 1. The minimum atomic E-state index is -0.596. The van der Waals surface area contributed by atoms with E-state index in [4.69, 9.17) is 0 Å². The average molecular weight is 248 g/mol. The fraction of sp³-hybridized carbons (Fsp3) is 0.625. The zero-order valence-corrected chi connectivity index (χ0v) is 11.4. The predicted molar refractivity (Wildman–Crippen MR) is 73.6 cm³/mol. The summed E-state index contributed by atoms with van der Waals surface area (Å²) in [6.45, 7) is 4.57. The van der Waals surface area contributed by atoms with E-state index in [1.165, 1.54) is 6.42 Å². The Kier molecular flexibility index (Phi) is 3.67. The maximum absolute atomic E-state index is 10.7. The van der Waals surface area contributed by atoms with Gasteiger partial charge in [0.25, 0.3) is 0 Å². The topological polar surface area (TPSA) is 40.5 Å². The van der Waals surface area contributed by atoms with Crippen LogP contribution >= 0.6 is 0 Å². The third kappa shape index (κ3) is 3.49. The van der Waals surface area contributed by atoms with Gasteiger partial charge in [0.2, 0.25) is 0 Å². The van der Waals surface area contributed by atoms with Crippen molar-refractivity contribution in [2.45, 2.75) is 58.0 Å². The smallest absolute Gasteiger partial charge is 0.115 e. The summed E-state index contributed by atoms with van der Waals surface area (Å²) in [5.74, 6) is 0.282. The van der Waals surface area contributed by atoms with Crippen LogP contribution in [-0.4, -0.2) is 15.8 Å². The predicted octanol–water partition coefficient (Wildman–Crippen LogP) is 3.66. The molecule has 1 aliphatic rings.